The Bertz CT molecular complexity index is 1120. The molecule has 28 heavy (non-hydrogen) atoms. The number of nitrogens with zero attached hydrogens (tertiary/aromatic N) is 2. The minimum Gasteiger partial charge on any atom is -0.352 e. The van der Waals surface area contributed by atoms with Gasteiger partial charge in [-0.1, -0.05) is 41.4 Å². The predicted molar refractivity (Wildman–Crippen MR) is 112 cm³/mol. The van der Waals surface area contributed by atoms with Gasteiger partial charge in [-0.2, -0.15) is 0 Å². The summed E-state index contributed by atoms with van der Waals surface area (Å²) in [7, 11) is 0. The van der Waals surface area contributed by atoms with E-state index in [1.807, 2.05) is 12.1 Å². The number of imidazole rings is 1. The van der Waals surface area contributed by atoms with Crippen LogP contribution in [0.15, 0.2) is 60.8 Å². The summed E-state index contributed by atoms with van der Waals surface area (Å²) in [5, 5.41) is 3.64. The van der Waals surface area contributed by atoms with Crippen LogP contribution in [-0.2, 0) is 6.42 Å². The van der Waals surface area contributed by atoms with Gasteiger partial charge in [0.25, 0.3) is 5.91 Å². The summed E-state index contributed by atoms with van der Waals surface area (Å²) in [5.74, 6) is 0.505. The van der Waals surface area contributed by atoms with Crippen LogP contribution < -0.4 is 5.32 Å². The minimum atomic E-state index is -0.147. The Hall–Kier alpha value is -3.18. The lowest BCUT2D eigenvalue weighted by atomic mass is 10.1. The molecule has 2 aromatic heterocycles. The number of benzene rings is 2. The highest BCUT2D eigenvalue weighted by Crippen LogP contribution is 2.23. The fourth-order valence-electron chi connectivity index (χ4n) is 3.02. The molecule has 0 saturated heterocycles. The second-order valence-electron chi connectivity index (χ2n) is 6.64. The van der Waals surface area contributed by atoms with Gasteiger partial charge in [-0.05, 0) is 49.2 Å². The normalized spacial score (nSPS) is 10.9. The standard InChI is InChI=1S/C22H19ClN4O/c1-14-2-4-15(5-3-14)10-12-25-22(28)18-11-13-24-21-19(18)26-20(27-21)16-6-8-17(23)9-7-16/h2-9,11,13H,10,12H2,1H3,(H,25,28)(H,24,26,27). The Morgan fingerprint density at radius 3 is 2.57 bits per heavy atom. The number of halogens is 1. The number of aromatic amines is 1. The van der Waals surface area contributed by atoms with E-state index in [1.54, 1.807) is 24.4 Å². The number of nitrogens with one attached hydrogen (secondary N) is 2. The maximum Gasteiger partial charge on any atom is 0.253 e. The second kappa shape index (κ2) is 7.82. The number of rotatable bonds is 5. The highest BCUT2D eigenvalue weighted by Gasteiger charge is 2.15. The van der Waals surface area contributed by atoms with E-state index in [0.717, 1.165) is 12.0 Å². The first-order valence-corrected chi connectivity index (χ1v) is 9.42. The molecule has 0 aliphatic rings. The van der Waals surface area contributed by atoms with Crippen LogP contribution in [0.5, 0.6) is 0 Å². The van der Waals surface area contributed by atoms with Gasteiger partial charge in [-0.25, -0.2) is 9.97 Å². The SMILES string of the molecule is Cc1ccc(CCNC(=O)c2ccnc3nc(-c4ccc(Cl)cc4)[nH]c23)cc1. The van der Waals surface area contributed by atoms with Crippen LogP contribution in [0, 0.1) is 6.92 Å². The van der Waals surface area contributed by atoms with E-state index in [2.05, 4.69) is 51.5 Å². The number of aryl methyl sites for hydroxylation is 1. The van der Waals surface area contributed by atoms with Crippen LogP contribution in [0.3, 0.4) is 0 Å². The number of H-pyrrole nitrogens is 1. The molecule has 0 atom stereocenters. The summed E-state index contributed by atoms with van der Waals surface area (Å²) >= 11 is 5.95. The summed E-state index contributed by atoms with van der Waals surface area (Å²) < 4.78 is 0. The predicted octanol–water partition coefficient (Wildman–Crippen LogP) is 4.56. The Labute approximate surface area is 167 Å². The largest absolute Gasteiger partial charge is 0.352 e. The average Bonchev–Trinajstić information content (AvgIpc) is 3.14. The van der Waals surface area contributed by atoms with Gasteiger partial charge in [-0.3, -0.25) is 4.79 Å². The van der Waals surface area contributed by atoms with E-state index in [1.165, 1.54) is 11.1 Å². The molecule has 140 valence electrons. The second-order valence-corrected chi connectivity index (χ2v) is 7.08. The highest BCUT2D eigenvalue weighted by molar-refractivity contribution is 6.30. The van der Waals surface area contributed by atoms with E-state index in [0.29, 0.717) is 34.1 Å². The summed E-state index contributed by atoms with van der Waals surface area (Å²) in [6, 6.07) is 17.4. The first kappa shape index (κ1) is 18.2. The zero-order valence-electron chi connectivity index (χ0n) is 15.4. The number of carbonyl (C=O) groups excluding carboxylic acids is 1. The summed E-state index contributed by atoms with van der Waals surface area (Å²) in [6.07, 6.45) is 2.38. The fraction of sp³-hybridized carbons (Fsp3) is 0.136. The number of hydrogen-bond acceptors (Lipinski definition) is 3. The molecule has 2 N–H and O–H groups in total. The smallest absolute Gasteiger partial charge is 0.253 e. The summed E-state index contributed by atoms with van der Waals surface area (Å²) in [4.78, 5) is 24.7. The van der Waals surface area contributed by atoms with E-state index in [-0.39, 0.29) is 5.91 Å². The molecule has 1 amide bonds. The zero-order valence-corrected chi connectivity index (χ0v) is 16.1. The van der Waals surface area contributed by atoms with E-state index in [9.17, 15) is 4.79 Å². The zero-order chi connectivity index (χ0) is 19.5. The third-order valence-corrected chi connectivity index (χ3v) is 4.83. The quantitative estimate of drug-likeness (QED) is 0.524. The van der Waals surface area contributed by atoms with Gasteiger partial charge < -0.3 is 10.3 Å². The molecular weight excluding hydrogens is 372 g/mol. The fourth-order valence-corrected chi connectivity index (χ4v) is 3.14. The van der Waals surface area contributed by atoms with Crippen LogP contribution in [0.1, 0.15) is 21.5 Å². The highest BCUT2D eigenvalue weighted by atomic mass is 35.5. The minimum absolute atomic E-state index is 0.147. The van der Waals surface area contributed by atoms with E-state index < -0.39 is 0 Å². The molecule has 4 aromatic rings. The van der Waals surface area contributed by atoms with Crippen molar-refractivity contribution in [2.24, 2.45) is 0 Å². The first-order chi connectivity index (χ1) is 13.6. The lowest BCUT2D eigenvalue weighted by molar-refractivity contribution is 0.0955. The lowest BCUT2D eigenvalue weighted by Gasteiger charge is -2.06. The third-order valence-electron chi connectivity index (χ3n) is 4.57. The van der Waals surface area contributed by atoms with Crippen LogP contribution in [-0.4, -0.2) is 27.4 Å². The number of hydrogen-bond donors (Lipinski definition) is 2. The van der Waals surface area contributed by atoms with Gasteiger partial charge in [0.2, 0.25) is 0 Å². The Balaban J connectivity index is 1.52. The van der Waals surface area contributed by atoms with Crippen molar-refractivity contribution in [3.63, 3.8) is 0 Å². The van der Waals surface area contributed by atoms with Crippen molar-refractivity contribution in [3.05, 3.63) is 82.5 Å². The molecule has 2 heterocycles. The third kappa shape index (κ3) is 3.89. The van der Waals surface area contributed by atoms with Crippen LogP contribution in [0.4, 0.5) is 0 Å². The molecule has 0 spiro atoms. The molecule has 4 rings (SSSR count). The molecule has 0 bridgehead atoms. The summed E-state index contributed by atoms with van der Waals surface area (Å²) in [5.41, 5.74) is 4.96. The average molecular weight is 391 g/mol. The van der Waals surface area contributed by atoms with Crippen molar-refractivity contribution in [2.75, 3.05) is 6.54 Å². The van der Waals surface area contributed by atoms with Crippen molar-refractivity contribution in [2.45, 2.75) is 13.3 Å². The Morgan fingerprint density at radius 2 is 1.82 bits per heavy atom. The number of aromatic nitrogens is 3. The topological polar surface area (TPSA) is 70.7 Å². The van der Waals surface area contributed by atoms with Crippen LogP contribution >= 0.6 is 11.6 Å². The van der Waals surface area contributed by atoms with Crippen molar-refractivity contribution >= 4 is 28.7 Å². The molecular formula is C22H19ClN4O. The van der Waals surface area contributed by atoms with E-state index >= 15 is 0 Å². The number of fused-ring (bicyclic) bond motifs is 1. The van der Waals surface area contributed by atoms with Crippen molar-refractivity contribution < 1.29 is 4.79 Å². The molecule has 2 aromatic carbocycles. The van der Waals surface area contributed by atoms with Gasteiger partial charge in [-0.15, -0.1) is 0 Å². The molecule has 0 saturated carbocycles. The van der Waals surface area contributed by atoms with E-state index in [4.69, 9.17) is 11.6 Å². The number of carbonyl (C=O) groups is 1. The Kier molecular flexibility index (Phi) is 5.08. The molecule has 0 radical (unpaired) electrons. The van der Waals surface area contributed by atoms with Gasteiger partial charge in [0, 0.05) is 23.3 Å². The summed E-state index contributed by atoms with van der Waals surface area (Å²) in [6.45, 7) is 2.62. The van der Waals surface area contributed by atoms with Gasteiger partial charge in [0.05, 0.1) is 11.1 Å². The molecule has 0 fully saturated rings. The first-order valence-electron chi connectivity index (χ1n) is 9.04. The van der Waals surface area contributed by atoms with Crippen LogP contribution in [0.25, 0.3) is 22.6 Å². The number of pyridine rings is 1. The molecule has 5 nitrogen and oxygen atoms in total. The van der Waals surface area contributed by atoms with Gasteiger partial charge in [0.15, 0.2) is 5.65 Å². The molecule has 0 aliphatic heterocycles. The van der Waals surface area contributed by atoms with Gasteiger partial charge in [0.1, 0.15) is 5.82 Å². The lowest BCUT2D eigenvalue weighted by Crippen LogP contribution is -2.26. The Morgan fingerprint density at radius 1 is 1.07 bits per heavy atom. The molecule has 0 aliphatic carbocycles. The number of amides is 1. The molecule has 6 heteroatoms. The maximum atomic E-state index is 12.7. The van der Waals surface area contributed by atoms with Crippen molar-refractivity contribution in [3.8, 4) is 11.4 Å². The van der Waals surface area contributed by atoms with Crippen LogP contribution in [0.2, 0.25) is 5.02 Å². The van der Waals surface area contributed by atoms with Crippen molar-refractivity contribution in [1.29, 1.82) is 0 Å². The maximum absolute atomic E-state index is 12.7. The monoisotopic (exact) mass is 390 g/mol. The van der Waals surface area contributed by atoms with Gasteiger partial charge >= 0.3 is 0 Å². The molecule has 0 unspecified atom stereocenters. The van der Waals surface area contributed by atoms with Crippen molar-refractivity contribution in [1.82, 2.24) is 20.3 Å².